The highest BCUT2D eigenvalue weighted by Crippen LogP contribution is 2.19. The number of amides is 1. The summed E-state index contributed by atoms with van der Waals surface area (Å²) in [7, 11) is 0. The SMILES string of the molecule is Cc1ccc(C)c(CC(=O)Nc2nnc(-c3ccno3)o2)c1. The summed E-state index contributed by atoms with van der Waals surface area (Å²) in [6, 6.07) is 7.62. The van der Waals surface area contributed by atoms with Gasteiger partial charge in [0, 0.05) is 6.07 Å². The van der Waals surface area contributed by atoms with Gasteiger partial charge >= 0.3 is 6.01 Å². The van der Waals surface area contributed by atoms with E-state index in [1.165, 1.54) is 6.20 Å². The van der Waals surface area contributed by atoms with Gasteiger partial charge in [-0.1, -0.05) is 34.0 Å². The maximum Gasteiger partial charge on any atom is 0.322 e. The summed E-state index contributed by atoms with van der Waals surface area (Å²) < 4.78 is 10.2. The lowest BCUT2D eigenvalue weighted by molar-refractivity contribution is -0.115. The number of aryl methyl sites for hydroxylation is 2. The zero-order chi connectivity index (χ0) is 15.5. The Morgan fingerprint density at radius 3 is 2.86 bits per heavy atom. The Balaban J connectivity index is 1.68. The van der Waals surface area contributed by atoms with E-state index < -0.39 is 0 Å². The van der Waals surface area contributed by atoms with Gasteiger partial charge in [-0.25, -0.2) is 0 Å². The predicted molar refractivity (Wildman–Crippen MR) is 78.0 cm³/mol. The molecule has 112 valence electrons. The van der Waals surface area contributed by atoms with Gasteiger partial charge in [-0.05, 0) is 25.0 Å². The van der Waals surface area contributed by atoms with E-state index >= 15 is 0 Å². The molecule has 0 radical (unpaired) electrons. The molecule has 2 aromatic heterocycles. The molecule has 22 heavy (non-hydrogen) atoms. The lowest BCUT2D eigenvalue weighted by Crippen LogP contribution is -2.15. The van der Waals surface area contributed by atoms with E-state index in [0.717, 1.165) is 16.7 Å². The number of hydrogen-bond acceptors (Lipinski definition) is 6. The smallest absolute Gasteiger partial charge is 0.322 e. The Morgan fingerprint density at radius 2 is 2.09 bits per heavy atom. The second-order valence-corrected chi connectivity index (χ2v) is 4.94. The van der Waals surface area contributed by atoms with E-state index in [1.54, 1.807) is 6.07 Å². The second kappa shape index (κ2) is 5.80. The van der Waals surface area contributed by atoms with E-state index in [9.17, 15) is 4.79 Å². The van der Waals surface area contributed by atoms with Gasteiger partial charge in [-0.15, -0.1) is 5.10 Å². The van der Waals surface area contributed by atoms with Crippen LogP contribution in [0.15, 0.2) is 39.4 Å². The summed E-state index contributed by atoms with van der Waals surface area (Å²) >= 11 is 0. The van der Waals surface area contributed by atoms with Crippen molar-refractivity contribution >= 4 is 11.9 Å². The Labute approximate surface area is 126 Å². The number of rotatable bonds is 4. The summed E-state index contributed by atoms with van der Waals surface area (Å²) in [5, 5.41) is 13.7. The van der Waals surface area contributed by atoms with Crippen LogP contribution in [0.2, 0.25) is 0 Å². The van der Waals surface area contributed by atoms with E-state index in [2.05, 4.69) is 20.7 Å². The maximum absolute atomic E-state index is 12.1. The summed E-state index contributed by atoms with van der Waals surface area (Å²) in [4.78, 5) is 12.1. The number of carbonyl (C=O) groups is 1. The van der Waals surface area contributed by atoms with E-state index in [-0.39, 0.29) is 24.2 Å². The van der Waals surface area contributed by atoms with Crippen molar-refractivity contribution in [3.05, 3.63) is 47.2 Å². The summed E-state index contributed by atoms with van der Waals surface area (Å²) in [5.41, 5.74) is 3.14. The quantitative estimate of drug-likeness (QED) is 0.795. The molecule has 7 nitrogen and oxygen atoms in total. The first-order valence-electron chi connectivity index (χ1n) is 6.72. The van der Waals surface area contributed by atoms with Crippen LogP contribution >= 0.6 is 0 Å². The van der Waals surface area contributed by atoms with Crippen LogP contribution in [0.1, 0.15) is 16.7 Å². The molecular formula is C15H14N4O3. The molecule has 3 aromatic rings. The van der Waals surface area contributed by atoms with Crippen molar-refractivity contribution in [3.63, 3.8) is 0 Å². The van der Waals surface area contributed by atoms with Gasteiger partial charge < -0.3 is 8.94 Å². The zero-order valence-electron chi connectivity index (χ0n) is 12.2. The third-order valence-electron chi connectivity index (χ3n) is 3.18. The van der Waals surface area contributed by atoms with Crippen molar-refractivity contribution in [2.45, 2.75) is 20.3 Å². The first-order chi connectivity index (χ1) is 10.6. The monoisotopic (exact) mass is 298 g/mol. The average Bonchev–Trinajstić information content (AvgIpc) is 3.13. The van der Waals surface area contributed by atoms with Crippen molar-refractivity contribution in [2.75, 3.05) is 5.32 Å². The van der Waals surface area contributed by atoms with Gasteiger partial charge in [-0.3, -0.25) is 10.1 Å². The van der Waals surface area contributed by atoms with Crippen molar-refractivity contribution in [1.82, 2.24) is 15.4 Å². The van der Waals surface area contributed by atoms with Gasteiger partial charge in [0.25, 0.3) is 5.89 Å². The van der Waals surface area contributed by atoms with E-state index in [4.69, 9.17) is 8.94 Å². The van der Waals surface area contributed by atoms with Crippen LogP contribution in [-0.2, 0) is 11.2 Å². The highest BCUT2D eigenvalue weighted by molar-refractivity contribution is 5.90. The highest BCUT2D eigenvalue weighted by atomic mass is 16.5. The van der Waals surface area contributed by atoms with Crippen LogP contribution in [-0.4, -0.2) is 21.3 Å². The zero-order valence-corrected chi connectivity index (χ0v) is 12.2. The molecule has 0 saturated carbocycles. The fourth-order valence-electron chi connectivity index (χ4n) is 2.03. The number of benzene rings is 1. The summed E-state index contributed by atoms with van der Waals surface area (Å²) in [6.45, 7) is 3.96. The molecule has 0 aliphatic rings. The van der Waals surface area contributed by atoms with Crippen LogP contribution < -0.4 is 5.32 Å². The molecule has 1 N–H and O–H groups in total. The lowest BCUT2D eigenvalue weighted by Gasteiger charge is -2.06. The van der Waals surface area contributed by atoms with Crippen LogP contribution in [0.4, 0.5) is 6.01 Å². The first kappa shape index (κ1) is 14.0. The Morgan fingerprint density at radius 1 is 1.23 bits per heavy atom. The fraction of sp³-hybridized carbons (Fsp3) is 0.200. The lowest BCUT2D eigenvalue weighted by atomic mass is 10.0. The summed E-state index contributed by atoms with van der Waals surface area (Å²) in [5.74, 6) is 0.295. The highest BCUT2D eigenvalue weighted by Gasteiger charge is 2.14. The topological polar surface area (TPSA) is 94.1 Å². The Hall–Kier alpha value is -2.96. The Bertz CT molecular complexity index is 793. The molecular weight excluding hydrogens is 284 g/mol. The molecule has 3 rings (SSSR count). The van der Waals surface area contributed by atoms with E-state index in [1.807, 2.05) is 32.0 Å². The number of nitrogens with zero attached hydrogens (tertiary/aromatic N) is 3. The first-order valence-corrected chi connectivity index (χ1v) is 6.72. The van der Waals surface area contributed by atoms with Crippen LogP contribution in [0.25, 0.3) is 11.7 Å². The normalized spacial score (nSPS) is 10.6. The molecule has 0 saturated heterocycles. The molecule has 2 heterocycles. The predicted octanol–water partition coefficient (Wildman–Crippen LogP) is 2.52. The van der Waals surface area contributed by atoms with Crippen LogP contribution in [0, 0.1) is 13.8 Å². The molecule has 0 atom stereocenters. The van der Waals surface area contributed by atoms with Gasteiger partial charge in [0.1, 0.15) is 0 Å². The van der Waals surface area contributed by atoms with Crippen molar-refractivity contribution < 1.29 is 13.7 Å². The van der Waals surface area contributed by atoms with Gasteiger partial charge in [-0.2, -0.15) is 0 Å². The third kappa shape index (κ3) is 3.03. The molecule has 0 aliphatic heterocycles. The number of aromatic nitrogens is 3. The minimum Gasteiger partial charge on any atom is -0.400 e. The molecule has 7 heteroatoms. The molecule has 0 spiro atoms. The fourth-order valence-corrected chi connectivity index (χ4v) is 2.03. The number of anilines is 1. The summed E-state index contributed by atoms with van der Waals surface area (Å²) in [6.07, 6.45) is 1.71. The molecule has 1 aromatic carbocycles. The van der Waals surface area contributed by atoms with Crippen molar-refractivity contribution in [3.8, 4) is 11.7 Å². The number of nitrogens with one attached hydrogen (secondary N) is 1. The van der Waals surface area contributed by atoms with Crippen LogP contribution in [0.5, 0.6) is 0 Å². The Kier molecular flexibility index (Phi) is 3.69. The molecule has 0 fully saturated rings. The minimum absolute atomic E-state index is 0.0294. The van der Waals surface area contributed by atoms with Gasteiger partial charge in [0.05, 0.1) is 12.6 Å². The number of hydrogen-bond donors (Lipinski definition) is 1. The molecule has 1 amide bonds. The maximum atomic E-state index is 12.1. The van der Waals surface area contributed by atoms with Gasteiger partial charge in [0.2, 0.25) is 11.7 Å². The molecule has 0 bridgehead atoms. The molecule has 0 aliphatic carbocycles. The van der Waals surface area contributed by atoms with E-state index in [0.29, 0.717) is 5.76 Å². The molecule has 0 unspecified atom stereocenters. The average molecular weight is 298 g/mol. The minimum atomic E-state index is -0.221. The largest absolute Gasteiger partial charge is 0.400 e. The third-order valence-corrected chi connectivity index (χ3v) is 3.18. The second-order valence-electron chi connectivity index (χ2n) is 4.94. The van der Waals surface area contributed by atoms with Crippen LogP contribution in [0.3, 0.4) is 0 Å². The number of carbonyl (C=O) groups excluding carboxylic acids is 1. The van der Waals surface area contributed by atoms with Gasteiger partial charge in [0.15, 0.2) is 0 Å². The van der Waals surface area contributed by atoms with Crippen molar-refractivity contribution in [2.24, 2.45) is 0 Å². The van der Waals surface area contributed by atoms with Crippen molar-refractivity contribution in [1.29, 1.82) is 0 Å². The standard InChI is InChI=1S/C15H14N4O3/c1-9-3-4-10(2)11(7-9)8-13(20)17-15-19-18-14(21-15)12-5-6-16-22-12/h3-7H,8H2,1-2H3,(H,17,19,20).